The highest BCUT2D eigenvalue weighted by molar-refractivity contribution is 6.99. The van der Waals surface area contributed by atoms with Crippen molar-refractivity contribution in [2.24, 2.45) is 0 Å². The number of ketones is 1. The average Bonchev–Trinajstić information content (AvgIpc) is 2.83. The summed E-state index contributed by atoms with van der Waals surface area (Å²) >= 11 is 0. The Morgan fingerprint density at radius 1 is 0.788 bits per heavy atom. The molecule has 0 radical (unpaired) electrons. The molecule has 0 saturated heterocycles. The van der Waals surface area contributed by atoms with Crippen LogP contribution in [0.25, 0.3) is 0 Å². The second-order valence-corrected chi connectivity index (χ2v) is 13.2. The van der Waals surface area contributed by atoms with E-state index in [0.717, 1.165) is 12.0 Å². The molecule has 3 aromatic rings. The van der Waals surface area contributed by atoms with Gasteiger partial charge in [0.25, 0.3) is 14.1 Å². The molecular weight excluding hydrogens is 420 g/mol. The topological polar surface area (TPSA) is 26.3 Å². The summed E-state index contributed by atoms with van der Waals surface area (Å²) in [5.41, 5.74) is 0.811. The Bertz CT molecular complexity index is 1120. The normalized spacial score (nSPS) is 11.0. The van der Waals surface area contributed by atoms with Crippen LogP contribution in [-0.4, -0.2) is 20.7 Å². The van der Waals surface area contributed by atoms with Crippen LogP contribution >= 0.6 is 0 Å². The lowest BCUT2D eigenvalue weighted by molar-refractivity contribution is -0.108. The summed E-state index contributed by atoms with van der Waals surface area (Å²) in [7, 11) is -2.52. The van der Waals surface area contributed by atoms with Gasteiger partial charge in [0.05, 0.1) is 0 Å². The van der Waals surface area contributed by atoms with Crippen LogP contribution in [0.1, 0.15) is 39.2 Å². The molecule has 166 valence electrons. The van der Waals surface area contributed by atoms with Crippen LogP contribution in [0.3, 0.4) is 0 Å². The maximum atomic E-state index is 11.9. The Labute approximate surface area is 199 Å². The first kappa shape index (κ1) is 24.3. The molecule has 3 aromatic carbocycles. The lowest BCUT2D eigenvalue weighted by Gasteiger charge is -2.43. The van der Waals surface area contributed by atoms with Crippen LogP contribution in [0.5, 0.6) is 0 Å². The van der Waals surface area contributed by atoms with Crippen LogP contribution < -0.4 is 10.4 Å². The minimum Gasteiger partial charge on any atom is -0.407 e. The number of benzene rings is 3. The summed E-state index contributed by atoms with van der Waals surface area (Å²) in [5, 5.41) is 2.48. The summed E-state index contributed by atoms with van der Waals surface area (Å²) in [6.07, 6.45) is 1.36. The molecule has 0 aliphatic heterocycles. The van der Waals surface area contributed by atoms with Gasteiger partial charge in [-0.2, -0.15) is 0 Å². The molecule has 0 saturated carbocycles. The molecule has 0 spiro atoms. The van der Waals surface area contributed by atoms with Crippen molar-refractivity contribution in [2.75, 3.05) is 6.61 Å². The van der Waals surface area contributed by atoms with Crippen molar-refractivity contribution in [1.29, 1.82) is 0 Å². The van der Waals surface area contributed by atoms with E-state index in [1.807, 2.05) is 42.5 Å². The largest absolute Gasteiger partial charge is 0.407 e. The summed E-state index contributed by atoms with van der Waals surface area (Å²) in [5.74, 6) is 10.7. The van der Waals surface area contributed by atoms with Crippen molar-refractivity contribution in [1.82, 2.24) is 0 Å². The average molecular weight is 451 g/mol. The maximum Gasteiger partial charge on any atom is 0.279 e. The number of unbranched alkanes of at least 4 members (excludes halogenated alkanes) is 1. The molecule has 0 amide bonds. The number of carbonyl (C=O) groups is 1. The molecule has 3 heteroatoms. The van der Waals surface area contributed by atoms with E-state index in [1.54, 1.807) is 0 Å². The third-order valence-corrected chi connectivity index (χ3v) is 10.5. The first-order valence-corrected chi connectivity index (χ1v) is 13.2. The first-order valence-electron chi connectivity index (χ1n) is 11.3. The van der Waals surface area contributed by atoms with Crippen LogP contribution in [0.2, 0.25) is 5.04 Å². The summed E-state index contributed by atoms with van der Waals surface area (Å²) < 4.78 is 6.84. The van der Waals surface area contributed by atoms with Crippen molar-refractivity contribution in [2.45, 2.75) is 38.7 Å². The van der Waals surface area contributed by atoms with Gasteiger partial charge in [-0.05, 0) is 45.8 Å². The fraction of sp³-hybridized carbons (Fsp3) is 0.233. The van der Waals surface area contributed by atoms with Crippen LogP contribution in [0, 0.1) is 23.7 Å². The third kappa shape index (κ3) is 6.33. The molecule has 33 heavy (non-hydrogen) atoms. The van der Waals surface area contributed by atoms with E-state index in [2.05, 4.69) is 93.0 Å². The fourth-order valence-corrected chi connectivity index (χ4v) is 8.58. The highest BCUT2D eigenvalue weighted by Crippen LogP contribution is 2.36. The molecule has 0 atom stereocenters. The predicted molar refractivity (Wildman–Crippen MR) is 139 cm³/mol. The van der Waals surface area contributed by atoms with Crippen molar-refractivity contribution in [3.63, 3.8) is 0 Å². The van der Waals surface area contributed by atoms with E-state index < -0.39 is 8.32 Å². The van der Waals surface area contributed by atoms with Gasteiger partial charge in [0, 0.05) is 18.6 Å². The number of Topliss-reactive ketones (excluding diaryl/α,β-unsaturated/α-hetero) is 1. The number of hydrogen-bond acceptors (Lipinski definition) is 2. The molecule has 0 N–H and O–H groups in total. The lowest BCUT2D eigenvalue weighted by Crippen LogP contribution is -2.66. The first-order chi connectivity index (χ1) is 15.9. The Hall–Kier alpha value is -3.37. The molecule has 3 rings (SSSR count). The van der Waals surface area contributed by atoms with Gasteiger partial charge >= 0.3 is 0 Å². The standard InChI is InChI=1S/C30H30O2Si/c1-30(2,3)33(28-19-11-5-12-20-28,29-21-13-6-14-22-29)32-25-15-7-10-18-27(31)24-23-26-16-8-4-9-17-26/h4-6,8-9,11-14,16-17,19-22H,7,15,25H2,1-3H3. The molecular formula is C30H30O2Si. The van der Waals surface area contributed by atoms with Gasteiger partial charge in [-0.15, -0.1) is 0 Å². The Morgan fingerprint density at radius 3 is 1.82 bits per heavy atom. The second-order valence-electron chi connectivity index (χ2n) is 8.86. The van der Waals surface area contributed by atoms with Crippen LogP contribution in [0.4, 0.5) is 0 Å². The van der Waals surface area contributed by atoms with Gasteiger partial charge in [-0.25, -0.2) is 0 Å². The van der Waals surface area contributed by atoms with Gasteiger partial charge in [-0.3, -0.25) is 4.79 Å². The maximum absolute atomic E-state index is 11.9. The van der Waals surface area contributed by atoms with Crippen molar-refractivity contribution in [3.05, 3.63) is 96.6 Å². The number of hydrogen-bond donors (Lipinski definition) is 0. The van der Waals surface area contributed by atoms with E-state index in [0.29, 0.717) is 13.0 Å². The molecule has 0 bridgehead atoms. The summed E-state index contributed by atoms with van der Waals surface area (Å²) in [4.78, 5) is 11.9. The molecule has 0 fully saturated rings. The highest BCUT2D eigenvalue weighted by Gasteiger charge is 2.49. The van der Waals surface area contributed by atoms with Crippen LogP contribution in [0.15, 0.2) is 91.0 Å². The van der Waals surface area contributed by atoms with Crippen molar-refractivity contribution in [3.8, 4) is 23.7 Å². The zero-order valence-electron chi connectivity index (χ0n) is 19.6. The molecule has 0 aliphatic carbocycles. The van der Waals surface area contributed by atoms with Gasteiger partial charge in [0.2, 0.25) is 0 Å². The van der Waals surface area contributed by atoms with E-state index >= 15 is 0 Å². The van der Waals surface area contributed by atoms with Gasteiger partial charge in [0.15, 0.2) is 0 Å². The van der Waals surface area contributed by atoms with Gasteiger partial charge in [0.1, 0.15) is 0 Å². The van der Waals surface area contributed by atoms with Gasteiger partial charge in [-0.1, -0.05) is 111 Å². The quantitative estimate of drug-likeness (QED) is 0.229. The predicted octanol–water partition coefficient (Wildman–Crippen LogP) is 4.97. The zero-order valence-corrected chi connectivity index (χ0v) is 20.6. The third-order valence-electron chi connectivity index (χ3n) is 5.48. The molecule has 0 heterocycles. The SMILES string of the molecule is CC(C)(C)[Si](OCCCC#CC(=O)C#Cc1ccccc1)(c1ccccc1)c1ccccc1. The smallest absolute Gasteiger partial charge is 0.279 e. The Balaban J connectivity index is 1.69. The summed E-state index contributed by atoms with van der Waals surface area (Å²) in [6.45, 7) is 7.39. The fourth-order valence-electron chi connectivity index (χ4n) is 3.97. The van der Waals surface area contributed by atoms with Gasteiger partial charge < -0.3 is 4.43 Å². The number of rotatable bonds is 6. The Morgan fingerprint density at radius 2 is 1.30 bits per heavy atom. The minimum atomic E-state index is -2.52. The lowest BCUT2D eigenvalue weighted by atomic mass is 10.2. The van der Waals surface area contributed by atoms with Crippen molar-refractivity contribution >= 4 is 24.5 Å². The van der Waals surface area contributed by atoms with Crippen LogP contribution in [-0.2, 0) is 9.22 Å². The molecule has 0 aromatic heterocycles. The van der Waals surface area contributed by atoms with Crippen molar-refractivity contribution < 1.29 is 9.22 Å². The monoisotopic (exact) mass is 450 g/mol. The zero-order chi connectivity index (χ0) is 23.6. The molecule has 2 nitrogen and oxygen atoms in total. The Kier molecular flexibility index (Phi) is 8.44. The van der Waals surface area contributed by atoms with E-state index in [9.17, 15) is 4.79 Å². The second kappa shape index (κ2) is 11.5. The van der Waals surface area contributed by atoms with E-state index in [-0.39, 0.29) is 10.8 Å². The number of carbonyl (C=O) groups excluding carboxylic acids is 1. The summed E-state index contributed by atoms with van der Waals surface area (Å²) in [6, 6.07) is 30.6. The molecule has 0 unspecified atom stereocenters. The molecule has 0 aliphatic rings. The highest BCUT2D eigenvalue weighted by atomic mass is 28.4. The van der Waals surface area contributed by atoms with E-state index in [1.165, 1.54) is 10.4 Å². The minimum absolute atomic E-state index is 0.0512. The van der Waals surface area contributed by atoms with E-state index in [4.69, 9.17) is 4.43 Å².